The summed E-state index contributed by atoms with van der Waals surface area (Å²) in [5, 5.41) is 20.5. The summed E-state index contributed by atoms with van der Waals surface area (Å²) in [7, 11) is 0. The van der Waals surface area contributed by atoms with E-state index in [0.717, 1.165) is 12.8 Å². The van der Waals surface area contributed by atoms with Crippen LogP contribution in [-0.4, -0.2) is 22.7 Å². The normalized spacial score (nSPS) is 19.4. The fourth-order valence-electron chi connectivity index (χ4n) is 2.50. The molecule has 0 aliphatic heterocycles. The molecule has 1 fully saturated rings. The first-order valence-corrected chi connectivity index (χ1v) is 7.53. The summed E-state index contributed by atoms with van der Waals surface area (Å²) in [6, 6.07) is 4.80. The van der Waals surface area contributed by atoms with E-state index in [4.69, 9.17) is 4.84 Å². The maximum atomic E-state index is 9.37. The molecule has 4 heteroatoms. The number of hydrogen-bond acceptors (Lipinski definition) is 4. The van der Waals surface area contributed by atoms with Crippen molar-refractivity contribution in [1.82, 2.24) is 5.06 Å². The van der Waals surface area contributed by atoms with Crippen molar-refractivity contribution in [3.8, 4) is 12.1 Å². The first-order valence-electron chi connectivity index (χ1n) is 7.53. The van der Waals surface area contributed by atoms with Gasteiger partial charge in [-0.3, -0.25) is 4.84 Å². The second-order valence-corrected chi connectivity index (χ2v) is 6.87. The van der Waals surface area contributed by atoms with E-state index in [1.165, 1.54) is 19.3 Å². The van der Waals surface area contributed by atoms with Crippen molar-refractivity contribution in [3.63, 3.8) is 0 Å². The molecule has 0 aromatic heterocycles. The van der Waals surface area contributed by atoms with E-state index >= 15 is 0 Å². The molecule has 0 amide bonds. The molecule has 0 saturated heterocycles. The van der Waals surface area contributed by atoms with Crippen LogP contribution in [0, 0.1) is 28.1 Å². The zero-order valence-electron chi connectivity index (χ0n) is 13.4. The predicted octanol–water partition coefficient (Wildman–Crippen LogP) is 3.79. The van der Waals surface area contributed by atoms with Gasteiger partial charge in [0.1, 0.15) is 0 Å². The highest BCUT2D eigenvalue weighted by Gasteiger charge is 2.38. The molecule has 0 aromatic carbocycles. The van der Waals surface area contributed by atoms with Crippen LogP contribution < -0.4 is 0 Å². The SMILES string of the molecule is CC(N(OC(C)(C)C#N)C1CCCCC1)C(C)(C)C#N. The third kappa shape index (κ3) is 4.20. The van der Waals surface area contributed by atoms with Crippen LogP contribution in [0.25, 0.3) is 0 Å². The molecule has 20 heavy (non-hydrogen) atoms. The van der Waals surface area contributed by atoms with Gasteiger partial charge in [-0.2, -0.15) is 15.6 Å². The van der Waals surface area contributed by atoms with Crippen LogP contribution >= 0.6 is 0 Å². The van der Waals surface area contributed by atoms with Gasteiger partial charge in [0.05, 0.1) is 23.6 Å². The van der Waals surface area contributed by atoms with Crippen molar-refractivity contribution in [3.05, 3.63) is 0 Å². The Morgan fingerprint density at radius 2 is 1.60 bits per heavy atom. The fraction of sp³-hybridized carbons (Fsp3) is 0.875. The molecule has 1 unspecified atom stereocenters. The number of hydroxylamine groups is 2. The van der Waals surface area contributed by atoms with Gasteiger partial charge in [0.15, 0.2) is 5.60 Å². The van der Waals surface area contributed by atoms with Crippen LogP contribution in [0.3, 0.4) is 0 Å². The highest BCUT2D eigenvalue weighted by Crippen LogP contribution is 2.33. The second-order valence-electron chi connectivity index (χ2n) is 6.87. The predicted molar refractivity (Wildman–Crippen MR) is 78.3 cm³/mol. The van der Waals surface area contributed by atoms with Crippen molar-refractivity contribution in [2.24, 2.45) is 5.41 Å². The van der Waals surface area contributed by atoms with Gasteiger partial charge < -0.3 is 0 Å². The minimum Gasteiger partial charge on any atom is -0.277 e. The summed E-state index contributed by atoms with van der Waals surface area (Å²) in [4.78, 5) is 6.00. The molecule has 1 atom stereocenters. The highest BCUT2D eigenvalue weighted by atomic mass is 16.7. The smallest absolute Gasteiger partial charge is 0.170 e. The van der Waals surface area contributed by atoms with Gasteiger partial charge in [0.25, 0.3) is 0 Å². The van der Waals surface area contributed by atoms with E-state index in [1.807, 2.05) is 25.8 Å². The van der Waals surface area contributed by atoms with Gasteiger partial charge >= 0.3 is 0 Å². The van der Waals surface area contributed by atoms with Crippen LogP contribution in [0.4, 0.5) is 0 Å². The Morgan fingerprint density at radius 3 is 2.05 bits per heavy atom. The largest absolute Gasteiger partial charge is 0.277 e. The Bertz CT molecular complexity index is 397. The number of nitriles is 2. The Labute approximate surface area is 123 Å². The molecular weight excluding hydrogens is 250 g/mol. The van der Waals surface area contributed by atoms with Crippen LogP contribution in [0.1, 0.15) is 66.7 Å². The number of rotatable bonds is 5. The van der Waals surface area contributed by atoms with Crippen LogP contribution in [0.15, 0.2) is 0 Å². The van der Waals surface area contributed by atoms with Crippen molar-refractivity contribution >= 4 is 0 Å². The van der Waals surface area contributed by atoms with Gasteiger partial charge in [-0.15, -0.1) is 0 Å². The van der Waals surface area contributed by atoms with E-state index in [1.54, 1.807) is 13.8 Å². The van der Waals surface area contributed by atoms with E-state index in [0.29, 0.717) is 6.04 Å². The molecule has 1 aliphatic carbocycles. The first-order chi connectivity index (χ1) is 9.23. The summed E-state index contributed by atoms with van der Waals surface area (Å²) in [6.45, 7) is 9.42. The van der Waals surface area contributed by atoms with E-state index < -0.39 is 11.0 Å². The van der Waals surface area contributed by atoms with E-state index in [9.17, 15) is 10.5 Å². The lowest BCUT2D eigenvalue weighted by Crippen LogP contribution is -2.52. The third-order valence-corrected chi connectivity index (χ3v) is 4.25. The molecule has 0 aromatic rings. The molecule has 112 valence electrons. The van der Waals surface area contributed by atoms with E-state index in [2.05, 4.69) is 12.1 Å². The Morgan fingerprint density at radius 1 is 1.05 bits per heavy atom. The average molecular weight is 277 g/mol. The molecule has 0 heterocycles. The zero-order valence-corrected chi connectivity index (χ0v) is 13.4. The number of hydrogen-bond donors (Lipinski definition) is 0. The highest BCUT2D eigenvalue weighted by molar-refractivity contribution is 5.01. The summed E-state index contributed by atoms with van der Waals surface area (Å²) >= 11 is 0. The van der Waals surface area contributed by atoms with Crippen molar-refractivity contribution < 1.29 is 4.84 Å². The Hall–Kier alpha value is -1.10. The minimum absolute atomic E-state index is 0.0526. The Balaban J connectivity index is 2.95. The lowest BCUT2D eigenvalue weighted by Gasteiger charge is -2.43. The lowest BCUT2D eigenvalue weighted by molar-refractivity contribution is -0.271. The summed E-state index contributed by atoms with van der Waals surface area (Å²) in [6.07, 6.45) is 5.80. The quantitative estimate of drug-likeness (QED) is 0.717. The molecule has 0 radical (unpaired) electrons. The lowest BCUT2D eigenvalue weighted by atomic mass is 9.85. The average Bonchev–Trinajstić information content (AvgIpc) is 2.45. The van der Waals surface area contributed by atoms with Crippen LogP contribution in [0.2, 0.25) is 0 Å². The van der Waals surface area contributed by atoms with Crippen molar-refractivity contribution in [2.75, 3.05) is 0 Å². The van der Waals surface area contributed by atoms with Gasteiger partial charge in [-0.25, -0.2) is 0 Å². The van der Waals surface area contributed by atoms with Crippen molar-refractivity contribution in [1.29, 1.82) is 10.5 Å². The van der Waals surface area contributed by atoms with E-state index in [-0.39, 0.29) is 6.04 Å². The first kappa shape index (κ1) is 17.0. The molecule has 0 bridgehead atoms. The third-order valence-electron chi connectivity index (χ3n) is 4.25. The summed E-state index contributed by atoms with van der Waals surface area (Å²) in [5.41, 5.74) is -1.37. The van der Waals surface area contributed by atoms with Gasteiger partial charge in [0, 0.05) is 6.04 Å². The molecular formula is C16H27N3O. The van der Waals surface area contributed by atoms with Crippen LogP contribution in [-0.2, 0) is 4.84 Å². The minimum atomic E-state index is -0.864. The van der Waals surface area contributed by atoms with Crippen molar-refractivity contribution in [2.45, 2.75) is 84.4 Å². The molecule has 1 aliphatic rings. The second kappa shape index (κ2) is 6.57. The van der Waals surface area contributed by atoms with Gasteiger partial charge in [0.2, 0.25) is 0 Å². The zero-order chi connectivity index (χ0) is 15.4. The fourth-order valence-corrected chi connectivity index (χ4v) is 2.50. The standard InChI is InChI=1S/C16H27N3O/c1-13(15(2,3)11-17)19(20-16(4,5)12-18)14-9-7-6-8-10-14/h13-14H,6-10H2,1-5H3. The van der Waals surface area contributed by atoms with Gasteiger partial charge in [-0.1, -0.05) is 19.3 Å². The maximum absolute atomic E-state index is 9.37. The maximum Gasteiger partial charge on any atom is 0.170 e. The molecule has 1 saturated carbocycles. The Kier molecular flexibility index (Phi) is 5.57. The topological polar surface area (TPSA) is 60.0 Å². The molecule has 1 rings (SSSR count). The summed E-state index contributed by atoms with van der Waals surface area (Å²) < 4.78 is 0. The summed E-state index contributed by atoms with van der Waals surface area (Å²) in [5.74, 6) is 0. The molecule has 4 nitrogen and oxygen atoms in total. The molecule has 0 spiro atoms. The number of nitrogens with zero attached hydrogens (tertiary/aromatic N) is 3. The van der Waals surface area contributed by atoms with Crippen LogP contribution in [0.5, 0.6) is 0 Å². The monoisotopic (exact) mass is 277 g/mol. The molecule has 0 N–H and O–H groups in total. The van der Waals surface area contributed by atoms with Gasteiger partial charge in [-0.05, 0) is 47.5 Å².